The summed E-state index contributed by atoms with van der Waals surface area (Å²) in [5, 5.41) is 4.74. The van der Waals surface area contributed by atoms with Crippen molar-refractivity contribution in [2.24, 2.45) is 0 Å². The normalized spacial score (nSPS) is 20.5. The molecule has 1 aromatic heterocycles. The van der Waals surface area contributed by atoms with Gasteiger partial charge in [0.25, 0.3) is 0 Å². The number of aromatic nitrogens is 1. The van der Waals surface area contributed by atoms with E-state index in [2.05, 4.69) is 49.9 Å². The molecule has 0 saturated carbocycles. The van der Waals surface area contributed by atoms with Gasteiger partial charge in [0, 0.05) is 37.1 Å². The van der Waals surface area contributed by atoms with E-state index in [9.17, 15) is 0 Å². The molecule has 1 atom stereocenters. The van der Waals surface area contributed by atoms with Crippen LogP contribution in [-0.2, 0) is 6.54 Å². The largest absolute Gasteiger partial charge is 0.345 e. The number of nitrogens with zero attached hydrogens (tertiary/aromatic N) is 3. The summed E-state index contributed by atoms with van der Waals surface area (Å²) in [7, 11) is 2.21. The molecule has 4 nitrogen and oxygen atoms in total. The van der Waals surface area contributed by atoms with Crippen molar-refractivity contribution < 1.29 is 0 Å². The summed E-state index contributed by atoms with van der Waals surface area (Å²) >= 11 is 1.88. The maximum absolute atomic E-state index is 4.96. The zero-order valence-electron chi connectivity index (χ0n) is 14.1. The van der Waals surface area contributed by atoms with E-state index in [-0.39, 0.29) is 0 Å². The quantitative estimate of drug-likeness (QED) is 0.819. The highest BCUT2D eigenvalue weighted by molar-refractivity contribution is 7.15. The second kappa shape index (κ2) is 7.56. The van der Waals surface area contributed by atoms with Crippen molar-refractivity contribution in [3.8, 4) is 0 Å². The first-order valence-electron chi connectivity index (χ1n) is 8.18. The van der Waals surface area contributed by atoms with E-state index >= 15 is 0 Å². The fourth-order valence-electron chi connectivity index (χ4n) is 2.66. The highest BCUT2D eigenvalue weighted by Crippen LogP contribution is 2.31. The summed E-state index contributed by atoms with van der Waals surface area (Å²) in [6.45, 7) is 14.3. The molecule has 1 aliphatic heterocycles. The lowest BCUT2D eigenvalue weighted by atomic mass is 10.1. The number of piperazine rings is 1. The standard InChI is InChI=1S/C16H30N4S/c1-6-7-17-10-14-15(12(2)3)18-16(21-14)20-9-8-19(5)13(4)11-20/h12-13,17H,6-11H2,1-5H3. The first-order valence-corrected chi connectivity index (χ1v) is 9.00. The molecule has 120 valence electrons. The molecular weight excluding hydrogens is 280 g/mol. The molecule has 0 amide bonds. The third kappa shape index (κ3) is 4.18. The van der Waals surface area contributed by atoms with Gasteiger partial charge in [0.05, 0.1) is 5.69 Å². The Hall–Kier alpha value is -0.650. The lowest BCUT2D eigenvalue weighted by Crippen LogP contribution is -2.50. The second-order valence-electron chi connectivity index (χ2n) is 6.41. The summed E-state index contributed by atoms with van der Waals surface area (Å²) in [6.07, 6.45) is 1.18. The minimum Gasteiger partial charge on any atom is -0.345 e. The zero-order valence-corrected chi connectivity index (χ0v) is 15.0. The Labute approximate surface area is 133 Å². The molecule has 21 heavy (non-hydrogen) atoms. The number of hydrogen-bond acceptors (Lipinski definition) is 5. The van der Waals surface area contributed by atoms with Gasteiger partial charge in [-0.05, 0) is 32.9 Å². The van der Waals surface area contributed by atoms with Crippen LogP contribution in [0.25, 0.3) is 0 Å². The van der Waals surface area contributed by atoms with Crippen LogP contribution in [0.15, 0.2) is 0 Å². The summed E-state index contributed by atoms with van der Waals surface area (Å²) in [4.78, 5) is 11.3. The SMILES string of the molecule is CCCNCc1sc(N2CCN(C)C(C)C2)nc1C(C)C. The molecule has 5 heteroatoms. The van der Waals surface area contributed by atoms with Crippen molar-refractivity contribution in [2.45, 2.75) is 52.6 Å². The lowest BCUT2D eigenvalue weighted by molar-refractivity contribution is 0.234. The molecular formula is C16H30N4S. The van der Waals surface area contributed by atoms with Crippen molar-refractivity contribution in [3.05, 3.63) is 10.6 Å². The van der Waals surface area contributed by atoms with Crippen LogP contribution in [-0.4, -0.2) is 49.2 Å². The van der Waals surface area contributed by atoms with E-state index in [1.54, 1.807) is 0 Å². The van der Waals surface area contributed by atoms with Gasteiger partial charge in [0.2, 0.25) is 0 Å². The summed E-state index contributed by atoms with van der Waals surface area (Å²) in [6, 6.07) is 0.604. The van der Waals surface area contributed by atoms with Crippen LogP contribution in [0.1, 0.15) is 50.6 Å². The third-order valence-corrected chi connectivity index (χ3v) is 5.34. The summed E-state index contributed by atoms with van der Waals surface area (Å²) in [5.41, 5.74) is 1.28. The van der Waals surface area contributed by atoms with Crippen molar-refractivity contribution >= 4 is 16.5 Å². The molecule has 1 fully saturated rings. The molecule has 1 aromatic rings. The maximum atomic E-state index is 4.96. The first kappa shape index (κ1) is 16.7. The van der Waals surface area contributed by atoms with E-state index in [0.717, 1.165) is 32.7 Å². The Morgan fingerprint density at radius 1 is 1.38 bits per heavy atom. The van der Waals surface area contributed by atoms with Crippen LogP contribution in [0.4, 0.5) is 5.13 Å². The fourth-order valence-corrected chi connectivity index (χ4v) is 3.88. The van der Waals surface area contributed by atoms with Crippen LogP contribution in [0, 0.1) is 0 Å². The number of likely N-dealkylation sites (N-methyl/N-ethyl adjacent to an activating group) is 1. The van der Waals surface area contributed by atoms with Gasteiger partial charge >= 0.3 is 0 Å². The van der Waals surface area contributed by atoms with Crippen LogP contribution in [0.2, 0.25) is 0 Å². The summed E-state index contributed by atoms with van der Waals surface area (Å²) in [5.74, 6) is 0.498. The minimum absolute atomic E-state index is 0.498. The highest BCUT2D eigenvalue weighted by Gasteiger charge is 2.24. The second-order valence-corrected chi connectivity index (χ2v) is 7.47. The Balaban J connectivity index is 2.11. The Kier molecular flexibility index (Phi) is 6.02. The average molecular weight is 311 g/mol. The van der Waals surface area contributed by atoms with Crippen molar-refractivity contribution in [2.75, 3.05) is 38.1 Å². The van der Waals surface area contributed by atoms with Crippen LogP contribution < -0.4 is 10.2 Å². The predicted octanol–water partition coefficient (Wildman–Crippen LogP) is 2.91. The Morgan fingerprint density at radius 3 is 2.76 bits per heavy atom. The van der Waals surface area contributed by atoms with Crippen molar-refractivity contribution in [3.63, 3.8) is 0 Å². The summed E-state index contributed by atoms with van der Waals surface area (Å²) < 4.78 is 0. The molecule has 1 unspecified atom stereocenters. The number of thiazole rings is 1. The van der Waals surface area contributed by atoms with Crippen molar-refractivity contribution in [1.82, 2.24) is 15.2 Å². The number of nitrogens with one attached hydrogen (secondary N) is 1. The van der Waals surface area contributed by atoms with E-state index in [4.69, 9.17) is 4.98 Å². The van der Waals surface area contributed by atoms with Gasteiger partial charge < -0.3 is 15.1 Å². The number of anilines is 1. The Bertz CT molecular complexity index is 443. The molecule has 1 saturated heterocycles. The topological polar surface area (TPSA) is 31.4 Å². The predicted molar refractivity (Wildman–Crippen MR) is 92.5 cm³/mol. The van der Waals surface area contributed by atoms with E-state index in [0.29, 0.717) is 12.0 Å². The lowest BCUT2D eigenvalue weighted by Gasteiger charge is -2.37. The monoisotopic (exact) mass is 310 g/mol. The molecule has 2 rings (SSSR count). The van der Waals surface area contributed by atoms with Gasteiger partial charge in [-0.3, -0.25) is 0 Å². The molecule has 0 aromatic carbocycles. The van der Waals surface area contributed by atoms with Crippen LogP contribution in [0.5, 0.6) is 0 Å². The van der Waals surface area contributed by atoms with Crippen LogP contribution >= 0.6 is 11.3 Å². The van der Waals surface area contributed by atoms with Gasteiger partial charge in [-0.15, -0.1) is 11.3 Å². The maximum Gasteiger partial charge on any atom is 0.185 e. The molecule has 2 heterocycles. The molecule has 0 radical (unpaired) electrons. The molecule has 0 spiro atoms. The number of hydrogen-bond donors (Lipinski definition) is 1. The van der Waals surface area contributed by atoms with Gasteiger partial charge in [-0.25, -0.2) is 4.98 Å². The van der Waals surface area contributed by atoms with Gasteiger partial charge in [-0.1, -0.05) is 20.8 Å². The third-order valence-electron chi connectivity index (χ3n) is 4.21. The molecule has 1 N–H and O–H groups in total. The smallest absolute Gasteiger partial charge is 0.185 e. The fraction of sp³-hybridized carbons (Fsp3) is 0.812. The zero-order chi connectivity index (χ0) is 15.4. The van der Waals surface area contributed by atoms with Crippen molar-refractivity contribution in [1.29, 1.82) is 0 Å². The molecule has 1 aliphatic rings. The minimum atomic E-state index is 0.498. The molecule has 0 aliphatic carbocycles. The van der Waals surface area contributed by atoms with E-state index in [1.165, 1.54) is 22.1 Å². The number of rotatable bonds is 6. The van der Waals surface area contributed by atoms with Gasteiger partial charge in [0.1, 0.15) is 0 Å². The Morgan fingerprint density at radius 2 is 2.14 bits per heavy atom. The van der Waals surface area contributed by atoms with Crippen LogP contribution in [0.3, 0.4) is 0 Å². The van der Waals surface area contributed by atoms with Gasteiger partial charge in [-0.2, -0.15) is 0 Å². The first-order chi connectivity index (χ1) is 10.0. The highest BCUT2D eigenvalue weighted by atomic mass is 32.1. The van der Waals surface area contributed by atoms with E-state index < -0.39 is 0 Å². The van der Waals surface area contributed by atoms with E-state index in [1.807, 2.05) is 11.3 Å². The van der Waals surface area contributed by atoms with Gasteiger partial charge in [0.15, 0.2) is 5.13 Å². The molecule has 0 bridgehead atoms. The average Bonchev–Trinajstić information content (AvgIpc) is 2.86.